The molecular formula is C17H28N6OS. The van der Waals surface area contributed by atoms with Gasteiger partial charge in [-0.25, -0.2) is 4.99 Å². The molecule has 1 atom stereocenters. The molecule has 2 aromatic heterocycles. The molecule has 0 radical (unpaired) electrons. The third-order valence-corrected chi connectivity index (χ3v) is 5.16. The summed E-state index contributed by atoms with van der Waals surface area (Å²) in [5.41, 5.74) is -0.942. The van der Waals surface area contributed by atoms with Gasteiger partial charge in [0.25, 0.3) is 0 Å². The Hall–Kier alpha value is -1.93. The molecule has 0 aliphatic carbocycles. The van der Waals surface area contributed by atoms with Crippen molar-refractivity contribution in [1.29, 1.82) is 0 Å². The van der Waals surface area contributed by atoms with E-state index in [0.29, 0.717) is 19.0 Å². The van der Waals surface area contributed by atoms with E-state index in [1.54, 1.807) is 11.3 Å². The van der Waals surface area contributed by atoms with Gasteiger partial charge in [0, 0.05) is 18.5 Å². The maximum Gasteiger partial charge on any atom is 0.191 e. The predicted octanol–water partition coefficient (Wildman–Crippen LogP) is 1.93. The minimum absolute atomic E-state index is 0.378. The number of aliphatic imine (C=N–C) groups is 1. The van der Waals surface area contributed by atoms with Crippen LogP contribution in [0.4, 0.5) is 0 Å². The van der Waals surface area contributed by atoms with Crippen molar-refractivity contribution in [1.82, 2.24) is 25.4 Å². The van der Waals surface area contributed by atoms with E-state index < -0.39 is 5.60 Å². The SMILES string of the molecule is CCCCNC(=NCc1nnc(C)n1C)NCC(C)(O)c1cccs1. The molecule has 0 aliphatic rings. The van der Waals surface area contributed by atoms with Crippen LogP contribution in [-0.2, 0) is 19.2 Å². The smallest absolute Gasteiger partial charge is 0.191 e. The second kappa shape index (κ2) is 8.96. The van der Waals surface area contributed by atoms with Crippen LogP contribution in [0.3, 0.4) is 0 Å². The van der Waals surface area contributed by atoms with Gasteiger partial charge in [0.1, 0.15) is 18.0 Å². The van der Waals surface area contributed by atoms with Gasteiger partial charge in [0.15, 0.2) is 11.8 Å². The molecule has 8 heteroatoms. The zero-order valence-corrected chi connectivity index (χ0v) is 16.2. The Morgan fingerprint density at radius 3 is 2.80 bits per heavy atom. The van der Waals surface area contributed by atoms with Gasteiger partial charge < -0.3 is 20.3 Å². The first-order valence-electron chi connectivity index (χ1n) is 8.57. The van der Waals surface area contributed by atoms with E-state index in [1.807, 2.05) is 43.0 Å². The molecule has 2 aromatic rings. The Bertz CT molecular complexity index is 677. The van der Waals surface area contributed by atoms with E-state index in [0.717, 1.165) is 35.9 Å². The summed E-state index contributed by atoms with van der Waals surface area (Å²) in [6.45, 7) is 7.51. The first kappa shape index (κ1) is 19.4. The van der Waals surface area contributed by atoms with Crippen LogP contribution in [0.1, 0.15) is 43.2 Å². The lowest BCUT2D eigenvalue weighted by Gasteiger charge is -2.24. The molecule has 0 spiro atoms. The summed E-state index contributed by atoms with van der Waals surface area (Å²) in [7, 11) is 1.93. The van der Waals surface area contributed by atoms with E-state index >= 15 is 0 Å². The highest BCUT2D eigenvalue weighted by atomic mass is 32.1. The molecule has 0 saturated carbocycles. The Labute approximate surface area is 153 Å². The minimum atomic E-state index is -0.942. The van der Waals surface area contributed by atoms with Gasteiger partial charge in [-0.2, -0.15) is 0 Å². The Morgan fingerprint density at radius 2 is 2.20 bits per heavy atom. The van der Waals surface area contributed by atoms with Crippen LogP contribution in [0.15, 0.2) is 22.5 Å². The lowest BCUT2D eigenvalue weighted by molar-refractivity contribution is 0.0655. The highest BCUT2D eigenvalue weighted by Gasteiger charge is 2.24. The number of nitrogens with one attached hydrogen (secondary N) is 2. The van der Waals surface area contributed by atoms with Crippen molar-refractivity contribution in [3.63, 3.8) is 0 Å². The molecule has 3 N–H and O–H groups in total. The average molecular weight is 365 g/mol. The van der Waals surface area contributed by atoms with Gasteiger partial charge in [-0.1, -0.05) is 19.4 Å². The summed E-state index contributed by atoms with van der Waals surface area (Å²) in [4.78, 5) is 5.52. The molecule has 138 valence electrons. The fraction of sp³-hybridized carbons (Fsp3) is 0.588. The zero-order valence-electron chi connectivity index (χ0n) is 15.4. The Kier molecular flexibility index (Phi) is 6.95. The van der Waals surface area contributed by atoms with Crippen LogP contribution in [-0.4, -0.2) is 38.9 Å². The number of hydrogen-bond acceptors (Lipinski definition) is 5. The number of guanidine groups is 1. The summed E-state index contributed by atoms with van der Waals surface area (Å²) in [6, 6.07) is 3.88. The van der Waals surface area contributed by atoms with Gasteiger partial charge in [-0.05, 0) is 31.7 Å². The number of rotatable bonds is 8. The lowest BCUT2D eigenvalue weighted by Crippen LogP contribution is -2.44. The summed E-state index contributed by atoms with van der Waals surface area (Å²) in [5.74, 6) is 2.34. The third-order valence-electron chi connectivity index (χ3n) is 4.04. The van der Waals surface area contributed by atoms with Gasteiger partial charge in [-0.15, -0.1) is 21.5 Å². The van der Waals surface area contributed by atoms with Crippen molar-refractivity contribution in [3.05, 3.63) is 34.0 Å². The molecule has 2 heterocycles. The quantitative estimate of drug-likeness (QED) is 0.378. The van der Waals surface area contributed by atoms with Gasteiger partial charge in [0.2, 0.25) is 0 Å². The minimum Gasteiger partial charge on any atom is -0.383 e. The lowest BCUT2D eigenvalue weighted by atomic mass is 10.1. The number of nitrogens with zero attached hydrogens (tertiary/aromatic N) is 4. The maximum atomic E-state index is 10.7. The van der Waals surface area contributed by atoms with Crippen LogP contribution in [0.2, 0.25) is 0 Å². The van der Waals surface area contributed by atoms with Crippen molar-refractivity contribution in [3.8, 4) is 0 Å². The van der Waals surface area contributed by atoms with Crippen molar-refractivity contribution < 1.29 is 5.11 Å². The van der Waals surface area contributed by atoms with Crippen LogP contribution in [0.25, 0.3) is 0 Å². The molecule has 0 saturated heterocycles. The number of thiophene rings is 1. The van der Waals surface area contributed by atoms with E-state index in [4.69, 9.17) is 0 Å². The predicted molar refractivity (Wildman–Crippen MR) is 102 cm³/mol. The zero-order chi connectivity index (χ0) is 18.3. The van der Waals surface area contributed by atoms with E-state index in [2.05, 4.69) is 32.7 Å². The molecule has 25 heavy (non-hydrogen) atoms. The third kappa shape index (κ3) is 5.54. The highest BCUT2D eigenvalue weighted by molar-refractivity contribution is 7.10. The molecule has 0 amide bonds. The summed E-state index contributed by atoms with van der Waals surface area (Å²) < 4.78 is 1.93. The van der Waals surface area contributed by atoms with E-state index in [1.165, 1.54) is 0 Å². The van der Waals surface area contributed by atoms with Crippen LogP contribution < -0.4 is 10.6 Å². The number of aryl methyl sites for hydroxylation is 1. The molecule has 0 fully saturated rings. The number of aliphatic hydroxyl groups is 1. The maximum absolute atomic E-state index is 10.7. The standard InChI is InChI=1S/C17H28N6OS/c1-5-6-9-18-16(19-11-15-22-21-13(2)23(15)4)20-12-17(3,24)14-8-7-10-25-14/h7-8,10,24H,5-6,9,11-12H2,1-4H3,(H2,18,19,20). The monoisotopic (exact) mass is 364 g/mol. The second-order valence-electron chi connectivity index (χ2n) is 6.27. The topological polar surface area (TPSA) is 87.4 Å². The second-order valence-corrected chi connectivity index (χ2v) is 7.22. The summed E-state index contributed by atoms with van der Waals surface area (Å²) in [6.07, 6.45) is 2.17. The fourth-order valence-corrected chi connectivity index (χ4v) is 3.01. The first-order valence-corrected chi connectivity index (χ1v) is 9.45. The van der Waals surface area contributed by atoms with Crippen molar-refractivity contribution in [2.45, 2.75) is 45.8 Å². The molecule has 0 aliphatic heterocycles. The molecule has 2 rings (SSSR count). The van der Waals surface area contributed by atoms with E-state index in [-0.39, 0.29) is 0 Å². The molecular weight excluding hydrogens is 336 g/mol. The van der Waals surface area contributed by atoms with Crippen LogP contribution in [0.5, 0.6) is 0 Å². The molecule has 0 bridgehead atoms. The van der Waals surface area contributed by atoms with Gasteiger partial charge in [-0.3, -0.25) is 0 Å². The first-order chi connectivity index (χ1) is 11.9. The van der Waals surface area contributed by atoms with Gasteiger partial charge in [0.05, 0.1) is 6.54 Å². The van der Waals surface area contributed by atoms with E-state index in [9.17, 15) is 5.11 Å². The summed E-state index contributed by atoms with van der Waals surface area (Å²) >= 11 is 1.55. The number of hydrogen-bond donors (Lipinski definition) is 3. The van der Waals surface area contributed by atoms with Crippen LogP contribution >= 0.6 is 11.3 Å². The highest BCUT2D eigenvalue weighted by Crippen LogP contribution is 2.24. The molecule has 1 unspecified atom stereocenters. The average Bonchev–Trinajstić information content (AvgIpc) is 3.23. The van der Waals surface area contributed by atoms with Crippen LogP contribution in [0, 0.1) is 6.92 Å². The fourth-order valence-electron chi connectivity index (χ4n) is 2.22. The van der Waals surface area contributed by atoms with Crippen molar-refractivity contribution in [2.75, 3.05) is 13.1 Å². The largest absolute Gasteiger partial charge is 0.383 e. The number of unbranched alkanes of at least 4 members (excludes halogenated alkanes) is 1. The normalized spacial score (nSPS) is 14.4. The van der Waals surface area contributed by atoms with Gasteiger partial charge >= 0.3 is 0 Å². The summed E-state index contributed by atoms with van der Waals surface area (Å²) in [5, 5.41) is 27.4. The molecule has 0 aromatic carbocycles. The Balaban J connectivity index is 2.01. The number of aromatic nitrogens is 3. The van der Waals surface area contributed by atoms with Crippen molar-refractivity contribution in [2.24, 2.45) is 12.0 Å². The van der Waals surface area contributed by atoms with Crippen molar-refractivity contribution >= 4 is 17.3 Å². The Morgan fingerprint density at radius 1 is 1.40 bits per heavy atom. The molecule has 7 nitrogen and oxygen atoms in total.